The Hall–Kier alpha value is -2.13. The second-order valence-corrected chi connectivity index (χ2v) is 5.11. The zero-order valence-corrected chi connectivity index (χ0v) is 12.5. The summed E-state index contributed by atoms with van der Waals surface area (Å²) in [5.41, 5.74) is 2.35. The van der Waals surface area contributed by atoms with Gasteiger partial charge in [-0.15, -0.1) is 0 Å². The molecule has 0 fully saturated rings. The lowest BCUT2D eigenvalue weighted by Gasteiger charge is -2.27. The first kappa shape index (κ1) is 15.3. The summed E-state index contributed by atoms with van der Waals surface area (Å²) in [5.74, 6) is -0.191. The van der Waals surface area contributed by atoms with Gasteiger partial charge in [0.15, 0.2) is 0 Å². The molecule has 0 bridgehead atoms. The van der Waals surface area contributed by atoms with Crippen LogP contribution < -0.4 is 0 Å². The molecule has 21 heavy (non-hydrogen) atoms. The molecule has 0 saturated heterocycles. The number of hydrogen-bond donors (Lipinski definition) is 0. The van der Waals surface area contributed by atoms with Crippen LogP contribution in [0.3, 0.4) is 0 Å². The van der Waals surface area contributed by atoms with Crippen molar-refractivity contribution >= 4 is 5.97 Å². The molecule has 0 unspecified atom stereocenters. The first-order valence-electron chi connectivity index (χ1n) is 7.06. The predicted molar refractivity (Wildman–Crippen MR) is 83.7 cm³/mol. The van der Waals surface area contributed by atoms with Crippen molar-refractivity contribution in [2.45, 2.75) is 19.0 Å². The van der Waals surface area contributed by atoms with Crippen molar-refractivity contribution in [1.82, 2.24) is 4.90 Å². The van der Waals surface area contributed by atoms with Crippen molar-refractivity contribution in [3.8, 4) is 0 Å². The zero-order valence-electron chi connectivity index (χ0n) is 12.5. The molecule has 0 radical (unpaired) electrons. The molecule has 0 spiro atoms. The molecule has 0 N–H and O–H groups in total. The van der Waals surface area contributed by atoms with Crippen LogP contribution in [0.2, 0.25) is 0 Å². The molecule has 1 atom stereocenters. The predicted octanol–water partition coefficient (Wildman–Crippen LogP) is 3.42. The van der Waals surface area contributed by atoms with Crippen LogP contribution in [-0.4, -0.2) is 25.0 Å². The van der Waals surface area contributed by atoms with Crippen molar-refractivity contribution < 1.29 is 9.53 Å². The van der Waals surface area contributed by atoms with Crippen LogP contribution in [0.15, 0.2) is 60.7 Å². The van der Waals surface area contributed by atoms with Crippen molar-refractivity contribution in [2.75, 3.05) is 14.2 Å². The van der Waals surface area contributed by atoms with E-state index in [1.165, 1.54) is 12.7 Å². The maximum atomic E-state index is 11.7. The maximum Gasteiger partial charge on any atom is 0.307 e. The van der Waals surface area contributed by atoms with Crippen LogP contribution in [0.4, 0.5) is 0 Å². The number of ether oxygens (including phenoxy) is 1. The van der Waals surface area contributed by atoms with Gasteiger partial charge >= 0.3 is 5.97 Å². The summed E-state index contributed by atoms with van der Waals surface area (Å²) in [7, 11) is 3.47. The third kappa shape index (κ3) is 4.43. The van der Waals surface area contributed by atoms with Gasteiger partial charge in [-0.2, -0.15) is 0 Å². The lowest BCUT2D eigenvalue weighted by molar-refractivity contribution is -0.142. The molecule has 0 aliphatic heterocycles. The summed E-state index contributed by atoms with van der Waals surface area (Å²) in [5, 5.41) is 0. The molecule has 110 valence electrons. The van der Waals surface area contributed by atoms with Gasteiger partial charge in [-0.3, -0.25) is 9.69 Å². The van der Waals surface area contributed by atoms with E-state index in [-0.39, 0.29) is 12.0 Å². The third-order valence-corrected chi connectivity index (χ3v) is 3.58. The van der Waals surface area contributed by atoms with Crippen molar-refractivity contribution in [1.29, 1.82) is 0 Å². The van der Waals surface area contributed by atoms with Gasteiger partial charge in [0, 0.05) is 12.6 Å². The minimum atomic E-state index is -0.191. The minimum Gasteiger partial charge on any atom is -0.469 e. The molecule has 0 aliphatic rings. The van der Waals surface area contributed by atoms with Gasteiger partial charge in [0.05, 0.1) is 13.5 Å². The first-order valence-corrected chi connectivity index (χ1v) is 7.06. The van der Waals surface area contributed by atoms with Gasteiger partial charge in [0.2, 0.25) is 0 Å². The highest BCUT2D eigenvalue weighted by Crippen LogP contribution is 2.25. The molecule has 0 aliphatic carbocycles. The van der Waals surface area contributed by atoms with Crippen molar-refractivity contribution in [2.24, 2.45) is 0 Å². The van der Waals surface area contributed by atoms with Crippen molar-refractivity contribution in [3.05, 3.63) is 71.8 Å². The number of carbonyl (C=O) groups excluding carboxylic acids is 1. The first-order chi connectivity index (χ1) is 10.2. The summed E-state index contributed by atoms with van der Waals surface area (Å²) >= 11 is 0. The van der Waals surface area contributed by atoms with Crippen LogP contribution >= 0.6 is 0 Å². The fourth-order valence-corrected chi connectivity index (χ4v) is 2.43. The minimum absolute atomic E-state index is 0.0128. The fraction of sp³-hybridized carbons (Fsp3) is 0.278. The van der Waals surface area contributed by atoms with Crippen LogP contribution in [0.5, 0.6) is 0 Å². The molecule has 0 amide bonds. The smallest absolute Gasteiger partial charge is 0.307 e. The normalized spacial score (nSPS) is 12.1. The van der Waals surface area contributed by atoms with Gasteiger partial charge in [-0.1, -0.05) is 60.7 Å². The van der Waals surface area contributed by atoms with E-state index in [1.807, 2.05) is 43.4 Å². The number of esters is 1. The number of nitrogens with zero attached hydrogens (tertiary/aromatic N) is 1. The van der Waals surface area contributed by atoms with Gasteiger partial charge in [-0.05, 0) is 18.2 Å². The van der Waals surface area contributed by atoms with E-state index < -0.39 is 0 Å². The lowest BCUT2D eigenvalue weighted by Crippen LogP contribution is -2.26. The number of hydrogen-bond acceptors (Lipinski definition) is 3. The van der Waals surface area contributed by atoms with E-state index in [4.69, 9.17) is 4.74 Å². The average molecular weight is 283 g/mol. The zero-order chi connectivity index (χ0) is 15.1. The van der Waals surface area contributed by atoms with Crippen molar-refractivity contribution in [3.63, 3.8) is 0 Å². The summed E-state index contributed by atoms with van der Waals surface area (Å²) in [6.07, 6.45) is 0.351. The molecular weight excluding hydrogens is 262 g/mol. The Balaban J connectivity index is 2.16. The molecule has 3 nitrogen and oxygen atoms in total. The molecule has 2 aromatic rings. The Kier molecular flexibility index (Phi) is 5.52. The van der Waals surface area contributed by atoms with Crippen LogP contribution in [0.1, 0.15) is 23.6 Å². The quantitative estimate of drug-likeness (QED) is 0.761. The summed E-state index contributed by atoms with van der Waals surface area (Å²) < 4.78 is 4.84. The summed E-state index contributed by atoms with van der Waals surface area (Å²) in [6.45, 7) is 0.789. The number of benzene rings is 2. The van der Waals surface area contributed by atoms with E-state index in [9.17, 15) is 4.79 Å². The maximum absolute atomic E-state index is 11.7. The van der Waals surface area contributed by atoms with Crippen LogP contribution in [0, 0.1) is 0 Å². The number of methoxy groups -OCH3 is 1. The molecular formula is C18H21NO2. The van der Waals surface area contributed by atoms with E-state index in [0.29, 0.717) is 6.42 Å². The molecule has 0 heterocycles. The van der Waals surface area contributed by atoms with Gasteiger partial charge in [0.1, 0.15) is 0 Å². The fourth-order valence-electron chi connectivity index (χ4n) is 2.43. The van der Waals surface area contributed by atoms with E-state index in [0.717, 1.165) is 12.1 Å². The average Bonchev–Trinajstić information content (AvgIpc) is 2.54. The second kappa shape index (κ2) is 7.60. The van der Waals surface area contributed by atoms with Crippen LogP contribution in [0.25, 0.3) is 0 Å². The van der Waals surface area contributed by atoms with Gasteiger partial charge < -0.3 is 4.74 Å². The van der Waals surface area contributed by atoms with E-state index >= 15 is 0 Å². The highest BCUT2D eigenvalue weighted by atomic mass is 16.5. The van der Waals surface area contributed by atoms with Gasteiger partial charge in [0.25, 0.3) is 0 Å². The SMILES string of the molecule is COC(=O)C[C@@H](c1ccccc1)N(C)Cc1ccccc1. The standard InChI is InChI=1S/C18H21NO2/c1-19(14-15-9-5-3-6-10-15)17(13-18(20)21-2)16-11-7-4-8-12-16/h3-12,17H,13-14H2,1-2H3/t17-/m0/s1. The molecule has 3 heteroatoms. The lowest BCUT2D eigenvalue weighted by atomic mass is 10.0. The Morgan fingerprint density at radius 1 is 1.05 bits per heavy atom. The van der Waals surface area contributed by atoms with E-state index in [1.54, 1.807) is 0 Å². The molecule has 2 rings (SSSR count). The highest BCUT2D eigenvalue weighted by molar-refractivity contribution is 5.70. The summed E-state index contributed by atoms with van der Waals surface area (Å²) in [4.78, 5) is 13.9. The highest BCUT2D eigenvalue weighted by Gasteiger charge is 2.21. The number of rotatable bonds is 6. The van der Waals surface area contributed by atoms with Gasteiger partial charge in [-0.25, -0.2) is 0 Å². The Bertz CT molecular complexity index is 554. The number of carbonyl (C=O) groups is 1. The molecule has 0 aromatic heterocycles. The topological polar surface area (TPSA) is 29.5 Å². The largest absolute Gasteiger partial charge is 0.469 e. The molecule has 0 saturated carbocycles. The second-order valence-electron chi connectivity index (χ2n) is 5.11. The molecule has 2 aromatic carbocycles. The summed E-state index contributed by atoms with van der Waals surface area (Å²) in [6, 6.07) is 20.3. The van der Waals surface area contributed by atoms with E-state index in [2.05, 4.69) is 29.2 Å². The Morgan fingerprint density at radius 2 is 1.62 bits per heavy atom. The monoisotopic (exact) mass is 283 g/mol. The Morgan fingerprint density at radius 3 is 2.19 bits per heavy atom. The Labute approximate surface area is 126 Å². The van der Waals surface area contributed by atoms with Crippen LogP contribution in [-0.2, 0) is 16.1 Å². The third-order valence-electron chi connectivity index (χ3n) is 3.58.